The molecule has 0 saturated heterocycles. The van der Waals surface area contributed by atoms with Crippen LogP contribution in [0.1, 0.15) is 38.9 Å². The normalized spacial score (nSPS) is 15.7. The Hall–Kier alpha value is -4.15. The van der Waals surface area contributed by atoms with Gasteiger partial charge in [0, 0.05) is 24.1 Å². The molecule has 0 aliphatic carbocycles. The number of halogens is 3. The minimum atomic E-state index is -4.63. The summed E-state index contributed by atoms with van der Waals surface area (Å²) in [6.45, 7) is 1.83. The number of carboxylic acid groups (broad SMARTS) is 1. The first kappa shape index (κ1) is 23.0. The summed E-state index contributed by atoms with van der Waals surface area (Å²) in [7, 11) is 0. The zero-order chi connectivity index (χ0) is 24.6. The molecule has 2 aromatic carbocycles. The largest absolute Gasteiger partial charge is 0.476 e. The fraction of sp³-hybridized carbons (Fsp3) is 0.217. The van der Waals surface area contributed by atoms with Gasteiger partial charge in [-0.15, -0.1) is 0 Å². The van der Waals surface area contributed by atoms with Crippen molar-refractivity contribution in [1.29, 1.82) is 0 Å². The molecule has 3 aromatic rings. The summed E-state index contributed by atoms with van der Waals surface area (Å²) in [5, 5.41) is 16.4. The van der Waals surface area contributed by atoms with Gasteiger partial charge in [-0.25, -0.2) is 9.48 Å². The Morgan fingerprint density at radius 1 is 1.15 bits per heavy atom. The fourth-order valence-electron chi connectivity index (χ4n) is 3.91. The molecule has 1 aliphatic heterocycles. The number of amides is 2. The fourth-order valence-corrected chi connectivity index (χ4v) is 3.91. The van der Waals surface area contributed by atoms with E-state index in [4.69, 9.17) is 0 Å². The predicted molar refractivity (Wildman–Crippen MR) is 115 cm³/mol. The molecule has 1 aliphatic rings. The Kier molecular flexibility index (Phi) is 5.86. The second-order valence-corrected chi connectivity index (χ2v) is 7.59. The van der Waals surface area contributed by atoms with Crippen molar-refractivity contribution in [1.82, 2.24) is 15.1 Å². The quantitative estimate of drug-likeness (QED) is 0.593. The van der Waals surface area contributed by atoms with Crippen LogP contribution in [-0.4, -0.2) is 45.3 Å². The topological polar surface area (TPSA) is 105 Å². The van der Waals surface area contributed by atoms with Crippen LogP contribution in [0.25, 0.3) is 5.69 Å². The van der Waals surface area contributed by atoms with Gasteiger partial charge in [0.1, 0.15) is 11.9 Å². The van der Waals surface area contributed by atoms with Crippen molar-refractivity contribution in [2.75, 3.05) is 11.4 Å². The van der Waals surface area contributed by atoms with Crippen LogP contribution >= 0.6 is 0 Å². The summed E-state index contributed by atoms with van der Waals surface area (Å²) in [5.74, 6) is -2.43. The number of nitrogens with zero attached hydrogens (tertiary/aromatic N) is 3. The lowest BCUT2D eigenvalue weighted by Gasteiger charge is -2.32. The minimum Gasteiger partial charge on any atom is -0.476 e. The van der Waals surface area contributed by atoms with E-state index in [9.17, 15) is 32.7 Å². The maximum atomic E-state index is 13.2. The highest BCUT2D eigenvalue weighted by Crippen LogP contribution is 2.34. The van der Waals surface area contributed by atoms with E-state index in [1.54, 1.807) is 37.3 Å². The Labute approximate surface area is 191 Å². The number of anilines is 1. The number of hydrogen-bond donors (Lipinski definition) is 2. The Morgan fingerprint density at radius 2 is 1.85 bits per heavy atom. The van der Waals surface area contributed by atoms with E-state index in [1.807, 2.05) is 0 Å². The van der Waals surface area contributed by atoms with Crippen molar-refractivity contribution in [3.05, 3.63) is 77.0 Å². The zero-order valence-electron chi connectivity index (χ0n) is 17.8. The number of aromatic carboxylic acids is 1. The number of likely N-dealkylation sites (N-methyl/N-ethyl adjacent to an activating group) is 1. The van der Waals surface area contributed by atoms with E-state index in [1.165, 1.54) is 15.6 Å². The lowest BCUT2D eigenvalue weighted by atomic mass is 9.98. The molecule has 176 valence electrons. The molecule has 0 radical (unpaired) electrons. The van der Waals surface area contributed by atoms with Gasteiger partial charge in [0.25, 0.3) is 11.8 Å². The van der Waals surface area contributed by atoms with E-state index in [0.29, 0.717) is 11.8 Å². The van der Waals surface area contributed by atoms with Crippen molar-refractivity contribution >= 4 is 23.6 Å². The van der Waals surface area contributed by atoms with Crippen LogP contribution in [-0.2, 0) is 17.4 Å². The number of aromatic nitrogens is 2. The first-order valence-corrected chi connectivity index (χ1v) is 10.3. The molecule has 0 spiro atoms. The van der Waals surface area contributed by atoms with Crippen LogP contribution in [0.3, 0.4) is 0 Å². The number of alkyl halides is 3. The Morgan fingerprint density at radius 3 is 2.47 bits per heavy atom. The highest BCUT2D eigenvalue weighted by molar-refractivity contribution is 6.05. The minimum absolute atomic E-state index is 0.152. The van der Waals surface area contributed by atoms with Gasteiger partial charge >= 0.3 is 12.1 Å². The first-order valence-electron chi connectivity index (χ1n) is 10.3. The highest BCUT2D eigenvalue weighted by Gasteiger charge is 2.40. The Balaban J connectivity index is 1.71. The van der Waals surface area contributed by atoms with Gasteiger partial charge in [-0.1, -0.05) is 24.3 Å². The molecule has 0 bridgehead atoms. The Bertz CT molecular complexity index is 1270. The lowest BCUT2D eigenvalue weighted by Crippen LogP contribution is -2.53. The van der Waals surface area contributed by atoms with E-state index >= 15 is 0 Å². The van der Waals surface area contributed by atoms with E-state index in [2.05, 4.69) is 10.4 Å². The van der Waals surface area contributed by atoms with Crippen LogP contribution < -0.4 is 10.2 Å². The summed E-state index contributed by atoms with van der Waals surface area (Å²) in [5.41, 5.74) is -0.751. The summed E-state index contributed by atoms with van der Waals surface area (Å²) in [4.78, 5) is 39.1. The van der Waals surface area contributed by atoms with Crippen molar-refractivity contribution in [3.63, 3.8) is 0 Å². The third-order valence-corrected chi connectivity index (χ3v) is 5.46. The van der Waals surface area contributed by atoms with E-state index in [0.717, 1.165) is 12.1 Å². The average Bonchev–Trinajstić information content (AvgIpc) is 3.19. The van der Waals surface area contributed by atoms with Crippen LogP contribution in [0.5, 0.6) is 0 Å². The number of hydrogen-bond acceptors (Lipinski definition) is 4. The molecule has 2 amide bonds. The number of carbonyl (C=O) groups is 3. The standard InChI is InChI=1S/C23H19F3N4O4/c1-2-29-20-16(18(22(33)34)28-30(20)15-9-4-3-5-10-15)12-17(21(29)32)27-19(31)13-7-6-8-14(11-13)23(24,25)26/h3-11,17H,2,12H2,1H3,(H,27,31)(H,33,34). The number of para-hydroxylation sites is 1. The SMILES string of the molecule is CCN1C(=O)C(NC(=O)c2cccc(C(F)(F)F)c2)Cc2c(C(=O)O)nn(-c3ccccc3)c21. The maximum absolute atomic E-state index is 13.2. The van der Waals surface area contributed by atoms with Gasteiger partial charge in [0.05, 0.1) is 11.3 Å². The number of carbonyl (C=O) groups excluding carboxylic acids is 2. The van der Waals surface area contributed by atoms with Gasteiger partial charge in [0.15, 0.2) is 5.69 Å². The van der Waals surface area contributed by atoms with Crippen molar-refractivity contribution in [3.8, 4) is 5.69 Å². The predicted octanol–water partition coefficient (Wildman–Crippen LogP) is 3.30. The smallest absolute Gasteiger partial charge is 0.416 e. The highest BCUT2D eigenvalue weighted by atomic mass is 19.4. The molecule has 1 unspecified atom stereocenters. The van der Waals surface area contributed by atoms with E-state index < -0.39 is 35.6 Å². The molecule has 1 atom stereocenters. The van der Waals surface area contributed by atoms with E-state index in [-0.39, 0.29) is 35.6 Å². The van der Waals surface area contributed by atoms with Crippen LogP contribution in [0.15, 0.2) is 54.6 Å². The summed E-state index contributed by atoms with van der Waals surface area (Å²) >= 11 is 0. The molecular formula is C23H19F3N4O4. The molecule has 2 N–H and O–H groups in total. The van der Waals surface area contributed by atoms with Gasteiger partial charge in [-0.2, -0.15) is 18.3 Å². The number of rotatable bonds is 5. The monoisotopic (exact) mass is 472 g/mol. The molecule has 2 heterocycles. The summed E-state index contributed by atoms with van der Waals surface area (Å²) < 4.78 is 40.4. The van der Waals surface area contributed by atoms with Crippen molar-refractivity contribution < 1.29 is 32.7 Å². The van der Waals surface area contributed by atoms with Crippen LogP contribution in [0.2, 0.25) is 0 Å². The molecule has 8 nitrogen and oxygen atoms in total. The third-order valence-electron chi connectivity index (χ3n) is 5.46. The molecule has 1 aromatic heterocycles. The number of benzene rings is 2. The molecular weight excluding hydrogens is 453 g/mol. The van der Waals surface area contributed by atoms with Crippen LogP contribution in [0.4, 0.5) is 19.0 Å². The molecule has 34 heavy (non-hydrogen) atoms. The van der Waals surface area contributed by atoms with Gasteiger partial charge < -0.3 is 10.4 Å². The third kappa shape index (κ3) is 4.12. The summed E-state index contributed by atoms with van der Waals surface area (Å²) in [6, 6.07) is 11.3. The molecule has 0 fully saturated rings. The second kappa shape index (κ2) is 8.65. The van der Waals surface area contributed by atoms with Crippen LogP contribution in [0, 0.1) is 0 Å². The van der Waals surface area contributed by atoms with Gasteiger partial charge in [-0.05, 0) is 37.3 Å². The number of carboxylic acids is 1. The lowest BCUT2D eigenvalue weighted by molar-refractivity contribution is -0.137. The molecule has 4 rings (SSSR count). The second-order valence-electron chi connectivity index (χ2n) is 7.59. The molecule has 0 saturated carbocycles. The zero-order valence-corrected chi connectivity index (χ0v) is 17.8. The van der Waals surface area contributed by atoms with Crippen molar-refractivity contribution in [2.45, 2.75) is 25.6 Å². The maximum Gasteiger partial charge on any atom is 0.416 e. The van der Waals surface area contributed by atoms with Gasteiger partial charge in [0.2, 0.25) is 0 Å². The molecule has 11 heteroatoms. The number of fused-ring (bicyclic) bond motifs is 1. The summed E-state index contributed by atoms with van der Waals surface area (Å²) in [6.07, 6.45) is -4.81. The number of nitrogens with one attached hydrogen (secondary N) is 1. The first-order chi connectivity index (χ1) is 16.1. The van der Waals surface area contributed by atoms with Crippen molar-refractivity contribution in [2.24, 2.45) is 0 Å². The average molecular weight is 472 g/mol. The van der Waals surface area contributed by atoms with Gasteiger partial charge in [-0.3, -0.25) is 14.5 Å².